The van der Waals surface area contributed by atoms with Crippen molar-refractivity contribution in [2.45, 2.75) is 55.8 Å². The second-order valence-electron chi connectivity index (χ2n) is 8.54. The molecule has 3 aliphatic rings. The van der Waals surface area contributed by atoms with Crippen molar-refractivity contribution in [2.24, 2.45) is 17.8 Å². The minimum absolute atomic E-state index is 0.140. The van der Waals surface area contributed by atoms with Crippen LogP contribution < -0.4 is 0 Å². The maximum atomic E-state index is 13.5. The Hall–Kier alpha value is -1.88. The number of benzene rings is 1. The molecule has 0 amide bonds. The molecular formula is C22H25NO3S. The van der Waals surface area contributed by atoms with Crippen LogP contribution in [0.5, 0.6) is 0 Å². The van der Waals surface area contributed by atoms with Crippen molar-refractivity contribution in [2.75, 3.05) is 0 Å². The molecule has 0 bridgehead atoms. The Morgan fingerprint density at radius 2 is 1.81 bits per heavy atom. The molecule has 5 rings (SSSR count). The Morgan fingerprint density at radius 1 is 1.04 bits per heavy atom. The Morgan fingerprint density at radius 3 is 2.59 bits per heavy atom. The highest BCUT2D eigenvalue weighted by Crippen LogP contribution is 2.62. The van der Waals surface area contributed by atoms with Crippen molar-refractivity contribution in [3.8, 4) is 0 Å². The largest absolute Gasteiger partial charge is 0.298 e. The number of hydrogen-bond acceptors (Lipinski definition) is 3. The van der Waals surface area contributed by atoms with E-state index in [1.165, 1.54) is 3.97 Å². The lowest BCUT2D eigenvalue weighted by Crippen LogP contribution is -2.38. The summed E-state index contributed by atoms with van der Waals surface area (Å²) in [5.41, 5.74) is 1.12. The van der Waals surface area contributed by atoms with Crippen LogP contribution in [-0.2, 0) is 20.2 Å². The molecule has 3 aliphatic carbocycles. The first-order valence-electron chi connectivity index (χ1n) is 10.0. The predicted molar refractivity (Wildman–Crippen MR) is 103 cm³/mol. The maximum Gasteiger partial charge on any atom is 0.267 e. The molecule has 2 aromatic rings. The highest BCUT2D eigenvalue weighted by molar-refractivity contribution is 7.90. The van der Waals surface area contributed by atoms with E-state index in [0.717, 1.165) is 44.1 Å². The summed E-state index contributed by atoms with van der Waals surface area (Å²) in [6, 6.07) is 10.6. The lowest BCUT2D eigenvalue weighted by Gasteiger charge is -2.31. The molecule has 1 aromatic heterocycles. The van der Waals surface area contributed by atoms with Gasteiger partial charge >= 0.3 is 0 Å². The molecule has 0 spiro atoms. The molecule has 5 heteroatoms. The highest BCUT2D eigenvalue weighted by atomic mass is 32.2. The molecule has 3 saturated carbocycles. The van der Waals surface area contributed by atoms with Gasteiger partial charge in [-0.05, 0) is 68.7 Å². The fourth-order valence-corrected chi connectivity index (χ4v) is 7.65. The summed E-state index contributed by atoms with van der Waals surface area (Å²) >= 11 is 0. The molecular weight excluding hydrogens is 358 g/mol. The second kappa shape index (κ2) is 5.81. The zero-order chi connectivity index (χ0) is 18.8. The van der Waals surface area contributed by atoms with Gasteiger partial charge in [0, 0.05) is 17.8 Å². The number of nitrogens with zero attached hydrogens (tertiary/aromatic N) is 1. The Balaban J connectivity index is 1.65. The highest BCUT2D eigenvalue weighted by Gasteiger charge is 2.64. The van der Waals surface area contributed by atoms with Gasteiger partial charge in [0.15, 0.2) is 0 Å². The predicted octanol–water partition coefficient (Wildman–Crippen LogP) is 4.07. The van der Waals surface area contributed by atoms with E-state index in [4.69, 9.17) is 0 Å². The average molecular weight is 384 g/mol. The van der Waals surface area contributed by atoms with Crippen LogP contribution in [0.4, 0.5) is 0 Å². The molecule has 4 nitrogen and oxygen atoms in total. The van der Waals surface area contributed by atoms with Crippen molar-refractivity contribution < 1.29 is 13.2 Å². The van der Waals surface area contributed by atoms with Gasteiger partial charge in [-0.1, -0.05) is 30.5 Å². The fourth-order valence-electron chi connectivity index (χ4n) is 6.23. The van der Waals surface area contributed by atoms with E-state index >= 15 is 0 Å². The second-order valence-corrected chi connectivity index (χ2v) is 10.4. The summed E-state index contributed by atoms with van der Waals surface area (Å²) in [6.07, 6.45) is 7.70. The molecule has 0 unspecified atom stereocenters. The smallest absolute Gasteiger partial charge is 0.267 e. The summed E-state index contributed by atoms with van der Waals surface area (Å²) < 4.78 is 28.1. The quantitative estimate of drug-likeness (QED) is 0.803. The van der Waals surface area contributed by atoms with Gasteiger partial charge in [0.1, 0.15) is 5.78 Å². The molecule has 0 aliphatic heterocycles. The van der Waals surface area contributed by atoms with Crippen molar-refractivity contribution in [3.63, 3.8) is 0 Å². The minimum atomic E-state index is -3.71. The summed E-state index contributed by atoms with van der Waals surface area (Å²) in [7, 11) is -3.71. The van der Waals surface area contributed by atoms with Gasteiger partial charge < -0.3 is 0 Å². The first kappa shape index (κ1) is 17.2. The van der Waals surface area contributed by atoms with Crippen molar-refractivity contribution >= 4 is 15.8 Å². The van der Waals surface area contributed by atoms with Gasteiger partial charge in [-0.25, -0.2) is 12.4 Å². The monoisotopic (exact) mass is 383 g/mol. The lowest BCUT2D eigenvalue weighted by atomic mass is 9.74. The van der Waals surface area contributed by atoms with E-state index in [1.807, 2.05) is 25.1 Å². The minimum Gasteiger partial charge on any atom is -0.298 e. The number of rotatable bonds is 3. The van der Waals surface area contributed by atoms with E-state index < -0.39 is 15.4 Å². The zero-order valence-electron chi connectivity index (χ0n) is 15.6. The SMILES string of the molecule is Cc1ccc(S(=O)(=O)n2cccc2[C@]23CCC[C@H]2[C@@H]2CCC[C@H]2C3=O)cc1. The van der Waals surface area contributed by atoms with Gasteiger partial charge in [-0.2, -0.15) is 0 Å². The molecule has 4 atom stereocenters. The summed E-state index contributed by atoms with van der Waals surface area (Å²) in [6.45, 7) is 1.94. The Kier molecular flexibility index (Phi) is 3.71. The maximum absolute atomic E-state index is 13.5. The molecule has 142 valence electrons. The topological polar surface area (TPSA) is 56.1 Å². The number of carbonyl (C=O) groups excluding carboxylic acids is 1. The van der Waals surface area contributed by atoms with Gasteiger partial charge in [-0.3, -0.25) is 4.79 Å². The van der Waals surface area contributed by atoms with E-state index in [-0.39, 0.29) is 10.8 Å². The van der Waals surface area contributed by atoms with Crippen LogP contribution in [0.15, 0.2) is 47.5 Å². The normalized spacial score (nSPS) is 32.6. The molecule has 27 heavy (non-hydrogen) atoms. The van der Waals surface area contributed by atoms with Gasteiger partial charge in [-0.15, -0.1) is 0 Å². The van der Waals surface area contributed by atoms with Crippen LogP contribution in [0.1, 0.15) is 49.8 Å². The third-order valence-electron chi connectivity index (χ3n) is 7.33. The molecule has 3 fully saturated rings. The third kappa shape index (κ3) is 2.21. The Bertz CT molecular complexity index is 1000. The number of fused-ring (bicyclic) bond motifs is 3. The summed E-state index contributed by atoms with van der Waals surface area (Å²) in [5.74, 6) is 1.21. The van der Waals surface area contributed by atoms with Crippen molar-refractivity contribution in [3.05, 3.63) is 53.9 Å². The van der Waals surface area contributed by atoms with E-state index in [1.54, 1.807) is 24.4 Å². The molecule has 0 radical (unpaired) electrons. The molecule has 1 aromatic carbocycles. The van der Waals surface area contributed by atoms with Gasteiger partial charge in [0.2, 0.25) is 0 Å². The first-order valence-corrected chi connectivity index (χ1v) is 11.4. The van der Waals surface area contributed by atoms with Crippen LogP contribution in [0.3, 0.4) is 0 Å². The fraction of sp³-hybridized carbons (Fsp3) is 0.500. The molecule has 0 saturated heterocycles. The third-order valence-corrected chi connectivity index (χ3v) is 9.03. The van der Waals surface area contributed by atoms with E-state index in [2.05, 4.69) is 0 Å². The van der Waals surface area contributed by atoms with Crippen LogP contribution in [-0.4, -0.2) is 18.2 Å². The standard InChI is InChI=1S/C22H25NO3S/c1-15-9-11-16(12-10-15)27(25,26)23-14-4-8-20(23)22-13-3-7-19(22)17-5-2-6-18(17)21(22)24/h4,8-12,14,17-19H,2-3,5-7,13H2,1H3/t17-,18-,19+,22+/m1/s1. The first-order chi connectivity index (χ1) is 13.0. The summed E-state index contributed by atoms with van der Waals surface area (Å²) in [5, 5.41) is 0. The number of aryl methyl sites for hydroxylation is 1. The van der Waals surface area contributed by atoms with Crippen LogP contribution in [0.2, 0.25) is 0 Å². The lowest BCUT2D eigenvalue weighted by molar-refractivity contribution is -0.126. The van der Waals surface area contributed by atoms with Crippen LogP contribution in [0, 0.1) is 24.7 Å². The molecule has 1 heterocycles. The number of ketones is 1. The van der Waals surface area contributed by atoms with Gasteiger partial charge in [0.05, 0.1) is 10.3 Å². The van der Waals surface area contributed by atoms with E-state index in [9.17, 15) is 13.2 Å². The van der Waals surface area contributed by atoms with Gasteiger partial charge in [0.25, 0.3) is 10.0 Å². The van der Waals surface area contributed by atoms with Crippen LogP contribution in [0.25, 0.3) is 0 Å². The number of aromatic nitrogens is 1. The zero-order valence-corrected chi connectivity index (χ0v) is 16.4. The Labute approximate surface area is 160 Å². The van der Waals surface area contributed by atoms with Crippen molar-refractivity contribution in [1.82, 2.24) is 3.97 Å². The summed E-state index contributed by atoms with van der Waals surface area (Å²) in [4.78, 5) is 13.8. The van der Waals surface area contributed by atoms with Crippen LogP contribution >= 0.6 is 0 Å². The van der Waals surface area contributed by atoms with E-state index in [0.29, 0.717) is 23.3 Å². The molecule has 0 N–H and O–H groups in total. The average Bonchev–Trinajstić information content (AvgIpc) is 3.39. The number of Topliss-reactive ketones (excluding diaryl/α,β-unsaturated/α-hetero) is 1. The number of hydrogen-bond donors (Lipinski definition) is 0. The number of carbonyl (C=O) groups is 1. The van der Waals surface area contributed by atoms with Crippen molar-refractivity contribution in [1.29, 1.82) is 0 Å².